The summed E-state index contributed by atoms with van der Waals surface area (Å²) in [6, 6.07) is 23.2. The van der Waals surface area contributed by atoms with Crippen molar-refractivity contribution < 1.29 is 9.53 Å². The Kier molecular flexibility index (Phi) is 5.14. The van der Waals surface area contributed by atoms with Gasteiger partial charge in [0.2, 0.25) is 0 Å². The molecule has 0 spiro atoms. The lowest BCUT2D eigenvalue weighted by Crippen LogP contribution is -2.12. The van der Waals surface area contributed by atoms with Gasteiger partial charge in [-0.05, 0) is 61.4 Å². The topological polar surface area (TPSA) is 38.3 Å². The van der Waals surface area contributed by atoms with Crippen LogP contribution in [-0.2, 0) is 6.61 Å². The highest BCUT2D eigenvalue weighted by molar-refractivity contribution is 6.04. The summed E-state index contributed by atoms with van der Waals surface area (Å²) in [4.78, 5) is 12.3. The Balaban J connectivity index is 1.59. The third-order valence-corrected chi connectivity index (χ3v) is 3.92. The fourth-order valence-corrected chi connectivity index (χ4v) is 2.48. The number of hydrogen-bond donors (Lipinski definition) is 1. The molecule has 1 N–H and O–H groups in total. The van der Waals surface area contributed by atoms with Crippen LogP contribution in [0.5, 0.6) is 5.75 Å². The molecule has 0 fully saturated rings. The van der Waals surface area contributed by atoms with Crippen LogP contribution in [0.4, 0.5) is 5.69 Å². The number of amides is 1. The highest BCUT2D eigenvalue weighted by atomic mass is 16.5. The van der Waals surface area contributed by atoms with E-state index in [-0.39, 0.29) is 5.91 Å². The average molecular weight is 331 g/mol. The van der Waals surface area contributed by atoms with Gasteiger partial charge in [0, 0.05) is 11.3 Å². The third kappa shape index (κ3) is 4.70. The second kappa shape index (κ2) is 7.67. The van der Waals surface area contributed by atoms with Crippen LogP contribution >= 0.6 is 0 Å². The standard InChI is InChI=1S/C22H21NO2/c1-16-6-12-21(13-7-16)25-15-18-8-10-19(11-9-18)22(24)23-20-5-3-4-17(2)14-20/h3-14H,15H2,1-2H3,(H,23,24). The van der Waals surface area contributed by atoms with Gasteiger partial charge in [0.15, 0.2) is 0 Å². The SMILES string of the molecule is Cc1ccc(OCc2ccc(C(=O)Nc3cccc(C)c3)cc2)cc1. The van der Waals surface area contributed by atoms with Crippen molar-refractivity contribution in [3.05, 3.63) is 95.1 Å². The summed E-state index contributed by atoms with van der Waals surface area (Å²) in [6.45, 7) is 4.52. The number of anilines is 1. The van der Waals surface area contributed by atoms with Gasteiger partial charge >= 0.3 is 0 Å². The van der Waals surface area contributed by atoms with Crippen molar-refractivity contribution in [2.45, 2.75) is 20.5 Å². The molecule has 0 unspecified atom stereocenters. The van der Waals surface area contributed by atoms with Gasteiger partial charge in [-0.3, -0.25) is 4.79 Å². The Bertz CT molecular complexity index is 852. The minimum absolute atomic E-state index is 0.114. The number of aryl methyl sites for hydroxylation is 2. The first-order valence-corrected chi connectivity index (χ1v) is 8.26. The van der Waals surface area contributed by atoms with Crippen LogP contribution in [0.3, 0.4) is 0 Å². The molecular formula is C22H21NO2. The van der Waals surface area contributed by atoms with Crippen molar-refractivity contribution in [2.75, 3.05) is 5.32 Å². The lowest BCUT2D eigenvalue weighted by Gasteiger charge is -2.08. The molecule has 3 aromatic rings. The Morgan fingerprint density at radius 3 is 2.28 bits per heavy atom. The lowest BCUT2D eigenvalue weighted by molar-refractivity contribution is 0.102. The van der Waals surface area contributed by atoms with Gasteiger partial charge in [0.1, 0.15) is 12.4 Å². The van der Waals surface area contributed by atoms with Gasteiger partial charge in [-0.25, -0.2) is 0 Å². The van der Waals surface area contributed by atoms with Crippen molar-refractivity contribution in [1.29, 1.82) is 0 Å². The number of ether oxygens (including phenoxy) is 1. The van der Waals surface area contributed by atoms with Gasteiger partial charge in [-0.1, -0.05) is 42.0 Å². The molecular weight excluding hydrogens is 310 g/mol. The molecule has 0 aliphatic heterocycles. The molecule has 0 aliphatic rings. The van der Waals surface area contributed by atoms with E-state index in [1.807, 2.05) is 86.6 Å². The van der Waals surface area contributed by atoms with Crippen molar-refractivity contribution in [3.63, 3.8) is 0 Å². The summed E-state index contributed by atoms with van der Waals surface area (Å²) in [7, 11) is 0. The van der Waals surface area contributed by atoms with E-state index in [4.69, 9.17) is 4.74 Å². The first-order chi connectivity index (χ1) is 12.1. The highest BCUT2D eigenvalue weighted by Crippen LogP contribution is 2.15. The summed E-state index contributed by atoms with van der Waals surface area (Å²) in [5, 5.41) is 2.91. The van der Waals surface area contributed by atoms with E-state index in [9.17, 15) is 4.79 Å². The maximum absolute atomic E-state index is 12.3. The number of hydrogen-bond acceptors (Lipinski definition) is 2. The number of carbonyl (C=O) groups is 1. The summed E-state index contributed by atoms with van der Waals surface area (Å²) < 4.78 is 5.76. The number of carbonyl (C=O) groups excluding carboxylic acids is 1. The molecule has 0 bridgehead atoms. The molecule has 3 nitrogen and oxygen atoms in total. The molecule has 0 aromatic heterocycles. The minimum atomic E-state index is -0.114. The van der Waals surface area contributed by atoms with Crippen molar-refractivity contribution >= 4 is 11.6 Å². The predicted octanol–water partition coefficient (Wildman–Crippen LogP) is 5.13. The Labute approximate surface area is 148 Å². The van der Waals surface area contributed by atoms with Crippen molar-refractivity contribution in [3.8, 4) is 5.75 Å². The summed E-state index contributed by atoms with van der Waals surface area (Å²) in [5.41, 5.74) is 4.77. The molecule has 0 saturated heterocycles. The first-order valence-electron chi connectivity index (χ1n) is 8.26. The lowest BCUT2D eigenvalue weighted by atomic mass is 10.1. The maximum Gasteiger partial charge on any atom is 0.255 e. The van der Waals surface area contributed by atoms with E-state index in [0.29, 0.717) is 12.2 Å². The molecule has 0 aliphatic carbocycles. The zero-order valence-electron chi connectivity index (χ0n) is 14.5. The second-order valence-corrected chi connectivity index (χ2v) is 6.12. The fourth-order valence-electron chi connectivity index (χ4n) is 2.48. The van der Waals surface area contributed by atoms with Crippen molar-refractivity contribution in [2.24, 2.45) is 0 Å². The molecule has 3 rings (SSSR count). The molecule has 3 heteroatoms. The van der Waals surface area contributed by atoms with E-state index in [0.717, 1.165) is 22.6 Å². The Morgan fingerprint density at radius 1 is 0.880 bits per heavy atom. The quantitative estimate of drug-likeness (QED) is 0.703. The van der Waals surface area contributed by atoms with Crippen LogP contribution < -0.4 is 10.1 Å². The summed E-state index contributed by atoms with van der Waals surface area (Å²) >= 11 is 0. The third-order valence-electron chi connectivity index (χ3n) is 3.92. The summed E-state index contributed by atoms with van der Waals surface area (Å²) in [6.07, 6.45) is 0. The van der Waals surface area contributed by atoms with Crippen LogP contribution in [0.15, 0.2) is 72.8 Å². The summed E-state index contributed by atoms with van der Waals surface area (Å²) in [5.74, 6) is 0.725. The molecule has 0 atom stereocenters. The molecule has 126 valence electrons. The number of rotatable bonds is 5. The van der Waals surface area contributed by atoms with Crippen LogP contribution in [0, 0.1) is 13.8 Å². The normalized spacial score (nSPS) is 10.3. The number of nitrogens with one attached hydrogen (secondary N) is 1. The van der Waals surface area contributed by atoms with E-state index in [1.165, 1.54) is 5.56 Å². The minimum Gasteiger partial charge on any atom is -0.489 e. The maximum atomic E-state index is 12.3. The molecule has 0 radical (unpaired) electrons. The second-order valence-electron chi connectivity index (χ2n) is 6.12. The zero-order chi connectivity index (χ0) is 17.6. The smallest absolute Gasteiger partial charge is 0.255 e. The molecule has 0 saturated carbocycles. The molecule has 25 heavy (non-hydrogen) atoms. The molecule has 0 heterocycles. The molecule has 1 amide bonds. The van der Waals surface area contributed by atoms with Crippen LogP contribution in [0.2, 0.25) is 0 Å². The predicted molar refractivity (Wildman–Crippen MR) is 101 cm³/mol. The Morgan fingerprint density at radius 2 is 1.60 bits per heavy atom. The van der Waals surface area contributed by atoms with Crippen molar-refractivity contribution in [1.82, 2.24) is 0 Å². The fraction of sp³-hybridized carbons (Fsp3) is 0.136. The van der Waals surface area contributed by atoms with E-state index >= 15 is 0 Å². The van der Waals surface area contributed by atoms with Crippen LogP contribution in [-0.4, -0.2) is 5.91 Å². The van der Waals surface area contributed by atoms with Gasteiger partial charge in [-0.15, -0.1) is 0 Å². The van der Waals surface area contributed by atoms with Gasteiger partial charge in [0.05, 0.1) is 0 Å². The highest BCUT2D eigenvalue weighted by Gasteiger charge is 2.06. The van der Waals surface area contributed by atoms with E-state index in [2.05, 4.69) is 5.32 Å². The zero-order valence-corrected chi connectivity index (χ0v) is 14.5. The largest absolute Gasteiger partial charge is 0.489 e. The Hall–Kier alpha value is -3.07. The van der Waals surface area contributed by atoms with Crippen LogP contribution in [0.25, 0.3) is 0 Å². The first kappa shape index (κ1) is 16.8. The van der Waals surface area contributed by atoms with Gasteiger partial charge in [-0.2, -0.15) is 0 Å². The van der Waals surface area contributed by atoms with Gasteiger partial charge < -0.3 is 10.1 Å². The van der Waals surface area contributed by atoms with E-state index < -0.39 is 0 Å². The van der Waals surface area contributed by atoms with E-state index in [1.54, 1.807) is 0 Å². The average Bonchev–Trinajstić information content (AvgIpc) is 2.62. The number of benzene rings is 3. The monoisotopic (exact) mass is 331 g/mol. The molecule has 3 aromatic carbocycles. The van der Waals surface area contributed by atoms with Crippen LogP contribution in [0.1, 0.15) is 27.0 Å². The van der Waals surface area contributed by atoms with Gasteiger partial charge in [0.25, 0.3) is 5.91 Å².